The number of fused-ring (bicyclic) bond motifs is 1. The molecule has 0 aliphatic carbocycles. The molecule has 110 valence electrons. The lowest BCUT2D eigenvalue weighted by atomic mass is 10.3. The molecular weight excluding hydrogens is 346 g/mol. The van der Waals surface area contributed by atoms with Crippen molar-refractivity contribution in [1.29, 1.82) is 5.26 Å². The van der Waals surface area contributed by atoms with E-state index in [-0.39, 0.29) is 0 Å². The first kappa shape index (κ1) is 14.3. The van der Waals surface area contributed by atoms with Gasteiger partial charge in [0.1, 0.15) is 16.5 Å². The number of pyridine rings is 1. The van der Waals surface area contributed by atoms with Crippen LogP contribution in [0.2, 0.25) is 0 Å². The molecule has 22 heavy (non-hydrogen) atoms. The molecule has 3 rings (SSSR count). The van der Waals surface area contributed by atoms with Crippen molar-refractivity contribution >= 4 is 33.2 Å². The van der Waals surface area contributed by atoms with Crippen LogP contribution in [-0.4, -0.2) is 32.4 Å². The van der Waals surface area contributed by atoms with Crippen molar-refractivity contribution in [1.82, 2.24) is 19.4 Å². The van der Waals surface area contributed by atoms with Crippen LogP contribution in [0.25, 0.3) is 5.65 Å². The maximum Gasteiger partial charge on any atom is 0.180 e. The predicted octanol–water partition coefficient (Wildman–Crippen LogP) is 2.28. The summed E-state index contributed by atoms with van der Waals surface area (Å²) in [6, 6.07) is 5.55. The van der Waals surface area contributed by atoms with E-state index in [1.54, 1.807) is 24.5 Å². The number of nitrogens with one attached hydrogen (secondary N) is 2. The molecule has 0 amide bonds. The van der Waals surface area contributed by atoms with Gasteiger partial charge in [-0.3, -0.25) is 0 Å². The van der Waals surface area contributed by atoms with E-state index in [0.717, 1.165) is 16.1 Å². The van der Waals surface area contributed by atoms with Crippen LogP contribution in [0, 0.1) is 11.3 Å². The fourth-order valence-corrected chi connectivity index (χ4v) is 2.35. The van der Waals surface area contributed by atoms with Gasteiger partial charge in [0.15, 0.2) is 11.5 Å². The number of anilines is 2. The summed E-state index contributed by atoms with van der Waals surface area (Å²) in [5.74, 6) is 1.45. The Labute approximate surface area is 135 Å². The van der Waals surface area contributed by atoms with Crippen LogP contribution in [0.5, 0.6) is 0 Å². The number of halogens is 1. The van der Waals surface area contributed by atoms with E-state index in [2.05, 4.69) is 41.5 Å². The van der Waals surface area contributed by atoms with Gasteiger partial charge in [-0.2, -0.15) is 5.26 Å². The predicted molar refractivity (Wildman–Crippen MR) is 86.6 cm³/mol. The normalized spacial score (nSPS) is 10.4. The van der Waals surface area contributed by atoms with Crippen molar-refractivity contribution in [3.63, 3.8) is 0 Å². The van der Waals surface area contributed by atoms with E-state index in [1.807, 2.05) is 22.9 Å². The molecule has 7 nitrogen and oxygen atoms in total. The minimum absolute atomic E-state index is 0.545. The molecule has 3 aromatic heterocycles. The molecule has 3 heterocycles. The number of hydrogen-bond donors (Lipinski definition) is 2. The lowest BCUT2D eigenvalue weighted by molar-refractivity contribution is 1.02. The molecule has 0 aromatic carbocycles. The van der Waals surface area contributed by atoms with E-state index >= 15 is 0 Å². The third-order valence-corrected chi connectivity index (χ3v) is 3.34. The van der Waals surface area contributed by atoms with Crippen molar-refractivity contribution in [2.75, 3.05) is 23.7 Å². The average Bonchev–Trinajstić information content (AvgIpc) is 3.00. The number of nitrogens with zero attached hydrogens (tertiary/aromatic N) is 5. The van der Waals surface area contributed by atoms with Gasteiger partial charge in [0.2, 0.25) is 0 Å². The first-order valence-corrected chi connectivity index (χ1v) is 7.38. The zero-order valence-corrected chi connectivity index (χ0v) is 13.1. The van der Waals surface area contributed by atoms with Gasteiger partial charge in [0.05, 0.1) is 5.56 Å². The first-order chi connectivity index (χ1) is 10.8. The Morgan fingerprint density at radius 3 is 2.86 bits per heavy atom. The molecule has 2 N–H and O–H groups in total. The van der Waals surface area contributed by atoms with Crippen LogP contribution in [0.4, 0.5) is 11.6 Å². The molecule has 8 heteroatoms. The quantitative estimate of drug-likeness (QED) is 0.680. The molecule has 0 fully saturated rings. The highest BCUT2D eigenvalue weighted by Crippen LogP contribution is 2.16. The minimum atomic E-state index is 0.545. The molecule has 0 bridgehead atoms. The van der Waals surface area contributed by atoms with Crippen molar-refractivity contribution in [2.45, 2.75) is 0 Å². The highest BCUT2D eigenvalue weighted by Gasteiger charge is 2.05. The molecule has 0 saturated heterocycles. The fraction of sp³-hybridized carbons (Fsp3) is 0.143. The number of nitriles is 1. The SMILES string of the molecule is N#Cc1ccc(NCCNc2nc(Br)cn3ccnc23)nc1. The smallest absolute Gasteiger partial charge is 0.180 e. The fourth-order valence-electron chi connectivity index (χ4n) is 1.96. The summed E-state index contributed by atoms with van der Waals surface area (Å²) in [5.41, 5.74) is 1.32. The summed E-state index contributed by atoms with van der Waals surface area (Å²) in [6.45, 7) is 1.33. The van der Waals surface area contributed by atoms with Gasteiger partial charge in [-0.05, 0) is 28.1 Å². The summed E-state index contributed by atoms with van der Waals surface area (Å²) >= 11 is 3.38. The zero-order chi connectivity index (χ0) is 15.4. The van der Waals surface area contributed by atoms with Gasteiger partial charge < -0.3 is 15.0 Å². The molecular formula is C14H12BrN7. The molecule has 0 aliphatic heterocycles. The van der Waals surface area contributed by atoms with Gasteiger partial charge in [-0.15, -0.1) is 0 Å². The highest BCUT2D eigenvalue weighted by atomic mass is 79.9. The van der Waals surface area contributed by atoms with Gasteiger partial charge in [-0.25, -0.2) is 15.0 Å². The Balaban J connectivity index is 1.58. The van der Waals surface area contributed by atoms with Gasteiger partial charge >= 0.3 is 0 Å². The summed E-state index contributed by atoms with van der Waals surface area (Å²) in [7, 11) is 0. The first-order valence-electron chi connectivity index (χ1n) is 6.59. The number of imidazole rings is 1. The van der Waals surface area contributed by atoms with Crippen molar-refractivity contribution in [2.24, 2.45) is 0 Å². The second-order valence-corrected chi connectivity index (χ2v) is 5.28. The molecule has 3 aromatic rings. The molecule has 0 unspecified atom stereocenters. The maximum absolute atomic E-state index is 8.72. The monoisotopic (exact) mass is 357 g/mol. The third kappa shape index (κ3) is 3.15. The van der Waals surface area contributed by atoms with Gasteiger partial charge in [0.25, 0.3) is 0 Å². The van der Waals surface area contributed by atoms with Crippen molar-refractivity contribution < 1.29 is 0 Å². The van der Waals surface area contributed by atoms with E-state index in [1.165, 1.54) is 0 Å². The second kappa shape index (κ2) is 6.41. The van der Waals surface area contributed by atoms with Crippen molar-refractivity contribution in [3.8, 4) is 6.07 Å². The molecule has 0 spiro atoms. The lowest BCUT2D eigenvalue weighted by Crippen LogP contribution is -2.15. The number of rotatable bonds is 5. The van der Waals surface area contributed by atoms with E-state index in [0.29, 0.717) is 24.5 Å². The largest absolute Gasteiger partial charge is 0.368 e. The van der Waals surface area contributed by atoms with E-state index in [9.17, 15) is 0 Å². The van der Waals surface area contributed by atoms with E-state index in [4.69, 9.17) is 5.26 Å². The Kier molecular flexibility index (Phi) is 4.16. The van der Waals surface area contributed by atoms with Crippen LogP contribution >= 0.6 is 15.9 Å². The molecule has 0 atom stereocenters. The Morgan fingerprint density at radius 2 is 2.09 bits per heavy atom. The molecule has 0 radical (unpaired) electrons. The van der Waals surface area contributed by atoms with Gasteiger partial charge in [-0.1, -0.05) is 0 Å². The third-order valence-electron chi connectivity index (χ3n) is 2.96. The van der Waals surface area contributed by atoms with Crippen LogP contribution < -0.4 is 10.6 Å². The standard InChI is InChI=1S/C14H12BrN7/c15-11-9-22-6-5-19-14(22)13(21-11)18-4-3-17-12-2-1-10(7-16)8-20-12/h1-2,5-6,8-9H,3-4H2,(H,17,20)(H,18,21). The van der Waals surface area contributed by atoms with Crippen LogP contribution in [0.1, 0.15) is 5.56 Å². The van der Waals surface area contributed by atoms with Crippen molar-refractivity contribution in [3.05, 3.63) is 47.1 Å². The summed E-state index contributed by atoms with van der Waals surface area (Å²) in [6.07, 6.45) is 6.99. The summed E-state index contributed by atoms with van der Waals surface area (Å²) in [5, 5.41) is 15.1. The summed E-state index contributed by atoms with van der Waals surface area (Å²) < 4.78 is 2.64. The average molecular weight is 358 g/mol. The molecule has 0 aliphatic rings. The Hall–Kier alpha value is -2.66. The number of aromatic nitrogens is 4. The Bertz CT molecular complexity index is 819. The van der Waals surface area contributed by atoms with Crippen LogP contribution in [0.15, 0.2) is 41.5 Å². The number of hydrogen-bond acceptors (Lipinski definition) is 6. The van der Waals surface area contributed by atoms with Crippen LogP contribution in [0.3, 0.4) is 0 Å². The van der Waals surface area contributed by atoms with Gasteiger partial charge in [0, 0.05) is 37.9 Å². The second-order valence-electron chi connectivity index (χ2n) is 4.47. The Morgan fingerprint density at radius 1 is 1.23 bits per heavy atom. The minimum Gasteiger partial charge on any atom is -0.368 e. The summed E-state index contributed by atoms with van der Waals surface area (Å²) in [4.78, 5) is 12.8. The maximum atomic E-state index is 8.72. The van der Waals surface area contributed by atoms with E-state index < -0.39 is 0 Å². The zero-order valence-electron chi connectivity index (χ0n) is 11.5. The highest BCUT2D eigenvalue weighted by molar-refractivity contribution is 9.10. The lowest BCUT2D eigenvalue weighted by Gasteiger charge is -2.09. The topological polar surface area (TPSA) is 90.9 Å². The van der Waals surface area contributed by atoms with Crippen LogP contribution in [-0.2, 0) is 0 Å². The molecule has 0 saturated carbocycles.